The van der Waals surface area contributed by atoms with E-state index in [1.807, 2.05) is 170 Å². The summed E-state index contributed by atoms with van der Waals surface area (Å²) in [4.78, 5) is 17.7. The topological polar surface area (TPSA) is 43.1 Å². The first-order valence-electron chi connectivity index (χ1n) is 29.9. The average Bonchev–Trinajstić information content (AvgIpc) is 4.47. The zero-order chi connectivity index (χ0) is 61.3. The van der Waals surface area contributed by atoms with Crippen LogP contribution in [0.2, 0.25) is 0 Å². The van der Waals surface area contributed by atoms with Crippen molar-refractivity contribution in [3.63, 3.8) is 0 Å². The van der Waals surface area contributed by atoms with E-state index < -0.39 is 0 Å². The van der Waals surface area contributed by atoms with Crippen LogP contribution in [0.5, 0.6) is 0 Å². The molecule has 10 aromatic rings. The summed E-state index contributed by atoms with van der Waals surface area (Å²) in [5, 5.41) is 12.7. The van der Waals surface area contributed by atoms with Crippen LogP contribution < -0.4 is 0 Å². The quantitative estimate of drug-likeness (QED) is 0.0395. The average molecular weight is 1230 g/mol. The third-order valence-electron chi connectivity index (χ3n) is 11.1. The molecule has 0 bridgehead atoms. The van der Waals surface area contributed by atoms with Crippen LogP contribution in [0.25, 0.3) is 52.2 Å². The molecule has 0 fully saturated rings. The molecule has 0 aliphatic heterocycles. The molecule has 3 nitrogen and oxygen atoms in total. The SMILES string of the molecule is CC.CC.CC.CC.CC.CCCCCCSc1ccc(-c2ccccc2)s1.CCCCCCc1ccc(-c2ccccc2)s1.Cc1csc(-c2ccccc2)c1.Fc1ccc(-c2ccccc2)s1.O=[N+]([O-])c1ccc(-c2ccccc2)s1. The first-order valence-corrected chi connectivity index (χ1v) is 35.1. The molecule has 0 amide bonds. The lowest BCUT2D eigenvalue weighted by Crippen LogP contribution is -1.80. The molecule has 5 aromatic heterocycles. The largest absolute Gasteiger partial charge is 0.324 e. The van der Waals surface area contributed by atoms with Crippen LogP contribution in [0, 0.1) is 22.2 Å². The minimum atomic E-state index is -0.364. The first-order chi connectivity index (χ1) is 40.8. The number of halogens is 1. The predicted octanol–water partition coefficient (Wildman–Crippen LogP) is 27.4. The third kappa shape index (κ3) is 31.1. The Morgan fingerprint density at radius 1 is 0.422 bits per heavy atom. The molecular weight excluding hydrogens is 1130 g/mol. The second-order valence-corrected chi connectivity index (χ2v) is 23.6. The fourth-order valence-electron chi connectivity index (χ4n) is 7.29. The Balaban J connectivity index is 0.000000502. The number of thiophene rings is 5. The normalized spacial score (nSPS) is 9.47. The van der Waals surface area contributed by atoms with Crippen LogP contribution in [0.4, 0.5) is 9.39 Å². The van der Waals surface area contributed by atoms with E-state index in [9.17, 15) is 14.5 Å². The molecule has 0 saturated carbocycles. The minimum Gasteiger partial charge on any atom is -0.258 e. The number of unbranched alkanes of at least 4 members (excludes halogenated alkanes) is 6. The number of hydrogen-bond donors (Lipinski definition) is 0. The summed E-state index contributed by atoms with van der Waals surface area (Å²) in [6.45, 7) is 26.7. The Kier molecular flexibility index (Phi) is 45.1. The van der Waals surface area contributed by atoms with Crippen molar-refractivity contribution >= 4 is 73.4 Å². The molecule has 446 valence electrons. The Labute approximate surface area is 526 Å². The maximum atomic E-state index is 12.6. The monoisotopic (exact) mass is 1230 g/mol. The van der Waals surface area contributed by atoms with E-state index in [0.717, 1.165) is 20.9 Å². The number of nitro groups is 1. The lowest BCUT2D eigenvalue weighted by molar-refractivity contribution is -0.380. The summed E-state index contributed by atoms with van der Waals surface area (Å²) < 4.78 is 14.1. The summed E-state index contributed by atoms with van der Waals surface area (Å²) in [6, 6.07) is 69.1. The van der Waals surface area contributed by atoms with Gasteiger partial charge in [-0.3, -0.25) is 10.1 Å². The van der Waals surface area contributed by atoms with Crippen molar-refractivity contribution in [1.29, 1.82) is 0 Å². The van der Waals surface area contributed by atoms with Crippen molar-refractivity contribution in [1.82, 2.24) is 0 Å². The van der Waals surface area contributed by atoms with Crippen molar-refractivity contribution in [3.05, 3.63) is 237 Å². The molecule has 0 saturated heterocycles. The van der Waals surface area contributed by atoms with Crippen LogP contribution in [0.1, 0.15) is 145 Å². The summed E-state index contributed by atoms with van der Waals surface area (Å²) in [7, 11) is 0. The Hall–Kier alpha value is -5.72. The number of thioether (sulfide) groups is 1. The fraction of sp³-hybridized carbons (Fsp3) is 0.315. The standard InChI is InChI=1S/C16H20S2.C16H20S.C11H10S.C10H7FS.C10H7NO2S.5C2H6/c1-2-3-4-8-13-17-16-12-11-15(18-16)14-9-6-5-7-10-14;1-2-3-4-8-11-15-12-13-16(17-15)14-9-6-5-7-10-14;1-9-7-11(12-8-9)10-5-3-2-4-6-10;11-10-7-6-9(12-10)8-4-2-1-3-5-8;12-11(13)10-7-6-9(14-10)8-4-2-1-3-5-8;5*1-2/h5-7,9-12H,2-4,8,13H2,1H3;5-7,9-10,12-13H,2-4,8,11H2,1H3;2-8H,1H3;1-7H;1-7H;5*1-2H3. The van der Waals surface area contributed by atoms with Crippen LogP contribution >= 0.6 is 68.4 Å². The van der Waals surface area contributed by atoms with E-state index in [1.54, 1.807) is 23.5 Å². The van der Waals surface area contributed by atoms with Crippen LogP contribution in [0.3, 0.4) is 0 Å². The van der Waals surface area contributed by atoms with Crippen molar-refractivity contribution in [2.75, 3.05) is 5.75 Å². The van der Waals surface area contributed by atoms with Gasteiger partial charge in [0.15, 0.2) is 5.13 Å². The molecular formula is C73H94FNO2S6. The second-order valence-electron chi connectivity index (χ2n) is 16.9. The van der Waals surface area contributed by atoms with E-state index in [-0.39, 0.29) is 15.1 Å². The molecule has 10 rings (SSSR count). The van der Waals surface area contributed by atoms with Gasteiger partial charge in [0.25, 0.3) is 0 Å². The Morgan fingerprint density at radius 2 is 0.807 bits per heavy atom. The van der Waals surface area contributed by atoms with Crippen molar-refractivity contribution in [2.45, 2.75) is 152 Å². The number of hydrogen-bond acceptors (Lipinski definition) is 8. The highest BCUT2D eigenvalue weighted by Gasteiger charge is 2.10. The second kappa shape index (κ2) is 49.7. The molecule has 0 unspecified atom stereocenters. The van der Waals surface area contributed by atoms with Crippen molar-refractivity contribution < 1.29 is 9.31 Å². The van der Waals surface area contributed by atoms with Gasteiger partial charge in [0.05, 0.1) is 9.13 Å². The van der Waals surface area contributed by atoms with E-state index in [0.29, 0.717) is 0 Å². The number of benzene rings is 5. The van der Waals surface area contributed by atoms with Crippen molar-refractivity contribution in [2.24, 2.45) is 0 Å². The van der Waals surface area contributed by atoms with Gasteiger partial charge in [0.2, 0.25) is 0 Å². The lowest BCUT2D eigenvalue weighted by Gasteiger charge is -1.98. The van der Waals surface area contributed by atoms with Gasteiger partial charge in [0.1, 0.15) is 0 Å². The maximum Gasteiger partial charge on any atom is 0.324 e. The summed E-state index contributed by atoms with van der Waals surface area (Å²) in [5.74, 6) is 1.26. The molecule has 0 aliphatic rings. The van der Waals surface area contributed by atoms with Crippen LogP contribution in [-0.2, 0) is 6.42 Å². The third-order valence-corrected chi connectivity index (χ3v) is 17.9. The van der Waals surface area contributed by atoms with E-state index in [4.69, 9.17) is 0 Å². The minimum absolute atomic E-state index is 0.131. The zero-order valence-corrected chi connectivity index (χ0v) is 56.8. The summed E-state index contributed by atoms with van der Waals surface area (Å²) in [6.07, 6.45) is 12.1. The highest BCUT2D eigenvalue weighted by atomic mass is 32.2. The molecule has 10 heteroatoms. The molecule has 0 radical (unpaired) electrons. The number of nitrogens with zero attached hydrogens (tertiary/aromatic N) is 1. The van der Waals surface area contributed by atoms with Gasteiger partial charge in [-0.05, 0) is 119 Å². The molecule has 5 heterocycles. The summed E-state index contributed by atoms with van der Waals surface area (Å²) >= 11 is 10.0. The smallest absolute Gasteiger partial charge is 0.258 e. The highest BCUT2D eigenvalue weighted by molar-refractivity contribution is 8.01. The Morgan fingerprint density at radius 3 is 1.20 bits per heavy atom. The van der Waals surface area contributed by atoms with E-state index >= 15 is 0 Å². The van der Waals surface area contributed by atoms with Gasteiger partial charge in [-0.1, -0.05) is 285 Å². The first kappa shape index (κ1) is 75.3. The van der Waals surface area contributed by atoms with E-state index in [1.165, 1.54) is 144 Å². The molecule has 5 aromatic carbocycles. The van der Waals surface area contributed by atoms with Gasteiger partial charge < -0.3 is 0 Å². The molecule has 0 atom stereocenters. The van der Waals surface area contributed by atoms with Crippen molar-refractivity contribution in [3.8, 4) is 52.2 Å². The molecule has 83 heavy (non-hydrogen) atoms. The fourth-order valence-corrected chi connectivity index (χ4v) is 13.0. The Bertz CT molecular complexity index is 2940. The molecule has 0 spiro atoms. The van der Waals surface area contributed by atoms with Gasteiger partial charge in [-0.25, -0.2) is 0 Å². The zero-order valence-electron chi connectivity index (χ0n) is 51.9. The van der Waals surface area contributed by atoms with Crippen LogP contribution in [0.15, 0.2) is 216 Å². The highest BCUT2D eigenvalue weighted by Crippen LogP contribution is 2.35. The summed E-state index contributed by atoms with van der Waals surface area (Å²) in [5.41, 5.74) is 7.43. The van der Waals surface area contributed by atoms with Crippen LogP contribution in [-0.4, -0.2) is 10.7 Å². The number of aryl methyl sites for hydroxylation is 2. The maximum absolute atomic E-state index is 12.6. The van der Waals surface area contributed by atoms with Gasteiger partial charge in [-0.15, -0.1) is 57.1 Å². The lowest BCUT2D eigenvalue weighted by atomic mass is 10.1. The van der Waals surface area contributed by atoms with Gasteiger partial charge in [0, 0.05) is 35.3 Å². The van der Waals surface area contributed by atoms with Gasteiger partial charge in [-0.2, -0.15) is 4.39 Å². The molecule has 0 aliphatic carbocycles. The molecule has 0 N–H and O–H groups in total. The predicted molar refractivity (Wildman–Crippen MR) is 380 cm³/mol. The van der Waals surface area contributed by atoms with Gasteiger partial charge >= 0.3 is 5.00 Å². The number of rotatable bonds is 17. The van der Waals surface area contributed by atoms with E-state index in [2.05, 4.69) is 141 Å².